The Morgan fingerprint density at radius 1 is 1.36 bits per heavy atom. The number of nitrogens with zero attached hydrogens (tertiary/aromatic N) is 4. The molecule has 0 saturated carbocycles. The second-order valence-corrected chi connectivity index (χ2v) is 5.65. The van der Waals surface area contributed by atoms with Crippen LogP contribution >= 0.6 is 0 Å². The van der Waals surface area contributed by atoms with Gasteiger partial charge in [0.1, 0.15) is 12.4 Å². The molecule has 9 heteroatoms. The zero-order chi connectivity index (χ0) is 17.6. The standard InChI is InChI=1S/C16H19F2N5O2/c17-14(18)9-22-6-7-25-10-13(22)16(24)19-8-15-21-20-11-23(15)12-4-2-1-3-5-12/h1-5,11,13-14H,6-10H2,(H,19,24)/t13-/m1/s1. The number of ether oxygens (including phenoxy) is 1. The highest BCUT2D eigenvalue weighted by atomic mass is 19.3. The Morgan fingerprint density at radius 2 is 2.16 bits per heavy atom. The van der Waals surface area contributed by atoms with E-state index in [0.29, 0.717) is 19.0 Å². The number of morpholine rings is 1. The van der Waals surface area contributed by atoms with Crippen LogP contribution in [0.5, 0.6) is 0 Å². The third kappa shape index (κ3) is 4.37. The van der Waals surface area contributed by atoms with Crippen molar-refractivity contribution in [3.63, 3.8) is 0 Å². The lowest BCUT2D eigenvalue weighted by molar-refractivity contribution is -0.134. The third-order valence-electron chi connectivity index (χ3n) is 3.99. The van der Waals surface area contributed by atoms with Gasteiger partial charge in [0.15, 0.2) is 5.82 Å². The summed E-state index contributed by atoms with van der Waals surface area (Å²) in [4.78, 5) is 13.8. The van der Waals surface area contributed by atoms with Gasteiger partial charge in [-0.1, -0.05) is 18.2 Å². The van der Waals surface area contributed by atoms with Crippen LogP contribution in [0.3, 0.4) is 0 Å². The number of aromatic nitrogens is 3. The average Bonchev–Trinajstić information content (AvgIpc) is 3.09. The van der Waals surface area contributed by atoms with Gasteiger partial charge < -0.3 is 10.1 Å². The predicted octanol–water partition coefficient (Wildman–Crippen LogP) is 0.849. The van der Waals surface area contributed by atoms with E-state index < -0.39 is 19.0 Å². The van der Waals surface area contributed by atoms with Gasteiger partial charge in [0.25, 0.3) is 6.43 Å². The van der Waals surface area contributed by atoms with Crippen molar-refractivity contribution in [2.24, 2.45) is 0 Å². The summed E-state index contributed by atoms with van der Waals surface area (Å²) in [5.74, 6) is 0.194. The van der Waals surface area contributed by atoms with Gasteiger partial charge in [0.05, 0.1) is 26.3 Å². The zero-order valence-electron chi connectivity index (χ0n) is 13.5. The van der Waals surface area contributed by atoms with Crippen LogP contribution in [0.4, 0.5) is 8.78 Å². The molecule has 7 nitrogen and oxygen atoms in total. The first-order chi connectivity index (χ1) is 12.1. The van der Waals surface area contributed by atoms with Crippen LogP contribution in [0, 0.1) is 0 Å². The van der Waals surface area contributed by atoms with E-state index in [0.717, 1.165) is 5.69 Å². The van der Waals surface area contributed by atoms with Crippen LogP contribution in [0.15, 0.2) is 36.7 Å². The van der Waals surface area contributed by atoms with Gasteiger partial charge in [-0.25, -0.2) is 8.78 Å². The molecule has 134 valence electrons. The maximum absolute atomic E-state index is 12.7. The maximum atomic E-state index is 12.7. The number of hydrogen-bond acceptors (Lipinski definition) is 5. The molecule has 1 aromatic heterocycles. The summed E-state index contributed by atoms with van der Waals surface area (Å²) in [5.41, 5.74) is 0.872. The van der Waals surface area contributed by atoms with Crippen LogP contribution in [-0.2, 0) is 16.1 Å². The quantitative estimate of drug-likeness (QED) is 0.835. The number of nitrogens with one attached hydrogen (secondary N) is 1. The number of rotatable bonds is 6. The van der Waals surface area contributed by atoms with E-state index in [1.165, 1.54) is 4.90 Å². The highest BCUT2D eigenvalue weighted by molar-refractivity contribution is 5.81. The van der Waals surface area contributed by atoms with Crippen molar-refractivity contribution in [3.8, 4) is 5.69 Å². The van der Waals surface area contributed by atoms with Crippen molar-refractivity contribution in [2.45, 2.75) is 19.0 Å². The largest absolute Gasteiger partial charge is 0.378 e. The van der Waals surface area contributed by atoms with E-state index in [1.807, 2.05) is 30.3 Å². The smallest absolute Gasteiger partial charge is 0.251 e. The molecule has 0 radical (unpaired) electrons. The number of para-hydroxylation sites is 1. The lowest BCUT2D eigenvalue weighted by Gasteiger charge is -2.34. The van der Waals surface area contributed by atoms with Crippen molar-refractivity contribution in [1.82, 2.24) is 25.0 Å². The number of carbonyl (C=O) groups is 1. The molecule has 3 rings (SSSR count). The van der Waals surface area contributed by atoms with Crippen LogP contribution < -0.4 is 5.32 Å². The molecule has 2 heterocycles. The van der Waals surface area contributed by atoms with Gasteiger partial charge in [-0.3, -0.25) is 14.3 Å². The summed E-state index contributed by atoms with van der Waals surface area (Å²) >= 11 is 0. The van der Waals surface area contributed by atoms with Gasteiger partial charge in [-0.05, 0) is 12.1 Å². The molecule has 0 bridgehead atoms. The molecule has 2 aromatic rings. The molecule has 1 fully saturated rings. The second kappa shape index (κ2) is 8.13. The number of hydrogen-bond donors (Lipinski definition) is 1. The Morgan fingerprint density at radius 3 is 2.92 bits per heavy atom. The number of benzene rings is 1. The van der Waals surface area contributed by atoms with E-state index >= 15 is 0 Å². The van der Waals surface area contributed by atoms with Crippen molar-refractivity contribution in [2.75, 3.05) is 26.3 Å². The number of carbonyl (C=O) groups excluding carboxylic acids is 1. The van der Waals surface area contributed by atoms with Crippen LogP contribution in [0.1, 0.15) is 5.82 Å². The summed E-state index contributed by atoms with van der Waals surface area (Å²) in [6.45, 7) is 0.458. The topological polar surface area (TPSA) is 72.3 Å². The van der Waals surface area contributed by atoms with Gasteiger partial charge >= 0.3 is 0 Å². The molecular formula is C16H19F2N5O2. The number of alkyl halides is 2. The minimum atomic E-state index is -2.49. The molecule has 1 amide bonds. The molecule has 25 heavy (non-hydrogen) atoms. The molecule has 0 aliphatic carbocycles. The number of amides is 1. The molecule has 1 atom stereocenters. The van der Waals surface area contributed by atoms with E-state index in [1.54, 1.807) is 10.9 Å². The van der Waals surface area contributed by atoms with Crippen LogP contribution in [0.25, 0.3) is 5.69 Å². The third-order valence-corrected chi connectivity index (χ3v) is 3.99. The fourth-order valence-corrected chi connectivity index (χ4v) is 2.74. The fourth-order valence-electron chi connectivity index (χ4n) is 2.74. The normalized spacial score (nSPS) is 18.4. The predicted molar refractivity (Wildman–Crippen MR) is 85.4 cm³/mol. The lowest BCUT2D eigenvalue weighted by atomic mass is 10.2. The van der Waals surface area contributed by atoms with Gasteiger partial charge in [0, 0.05) is 12.2 Å². The summed E-state index contributed by atoms with van der Waals surface area (Å²) < 4.78 is 32.4. The minimum absolute atomic E-state index is 0.101. The molecule has 1 saturated heterocycles. The van der Waals surface area contributed by atoms with Crippen molar-refractivity contribution >= 4 is 5.91 Å². The van der Waals surface area contributed by atoms with Crippen molar-refractivity contribution < 1.29 is 18.3 Å². The maximum Gasteiger partial charge on any atom is 0.251 e. The van der Waals surface area contributed by atoms with Crippen molar-refractivity contribution in [3.05, 3.63) is 42.5 Å². The summed E-state index contributed by atoms with van der Waals surface area (Å²) in [5, 5.41) is 10.6. The van der Waals surface area contributed by atoms with E-state index in [2.05, 4.69) is 15.5 Å². The van der Waals surface area contributed by atoms with E-state index in [9.17, 15) is 13.6 Å². The molecule has 0 unspecified atom stereocenters. The summed E-state index contributed by atoms with van der Waals surface area (Å²) in [6, 6.07) is 8.74. The summed E-state index contributed by atoms with van der Waals surface area (Å²) in [7, 11) is 0. The van der Waals surface area contributed by atoms with Gasteiger partial charge in [-0.2, -0.15) is 0 Å². The lowest BCUT2D eigenvalue weighted by Crippen LogP contribution is -2.54. The Hall–Kier alpha value is -2.39. The van der Waals surface area contributed by atoms with Crippen LogP contribution in [-0.4, -0.2) is 64.3 Å². The first-order valence-electron chi connectivity index (χ1n) is 7.97. The Labute approximate surface area is 143 Å². The SMILES string of the molecule is O=C(NCc1nncn1-c1ccccc1)[C@H]1COCCN1CC(F)F. The van der Waals surface area contributed by atoms with E-state index in [4.69, 9.17) is 4.74 Å². The molecule has 0 spiro atoms. The molecular weight excluding hydrogens is 332 g/mol. The van der Waals surface area contributed by atoms with Crippen molar-refractivity contribution in [1.29, 1.82) is 0 Å². The molecule has 1 aliphatic heterocycles. The van der Waals surface area contributed by atoms with E-state index in [-0.39, 0.29) is 19.1 Å². The number of halogens is 2. The Kier molecular flexibility index (Phi) is 5.67. The summed E-state index contributed by atoms with van der Waals surface area (Å²) in [6.07, 6.45) is -0.932. The Bertz CT molecular complexity index is 695. The molecule has 1 aromatic carbocycles. The van der Waals surface area contributed by atoms with Crippen LogP contribution in [0.2, 0.25) is 0 Å². The zero-order valence-corrected chi connectivity index (χ0v) is 13.5. The monoisotopic (exact) mass is 351 g/mol. The fraction of sp³-hybridized carbons (Fsp3) is 0.438. The Balaban J connectivity index is 1.63. The molecule has 1 N–H and O–H groups in total. The van der Waals surface area contributed by atoms with Gasteiger partial charge in [0.2, 0.25) is 5.91 Å². The average molecular weight is 351 g/mol. The minimum Gasteiger partial charge on any atom is -0.378 e. The highest BCUT2D eigenvalue weighted by Gasteiger charge is 2.31. The first-order valence-corrected chi connectivity index (χ1v) is 7.97. The molecule has 1 aliphatic rings. The first kappa shape index (κ1) is 17.4. The van der Waals surface area contributed by atoms with Gasteiger partial charge in [-0.15, -0.1) is 10.2 Å². The highest BCUT2D eigenvalue weighted by Crippen LogP contribution is 2.11. The second-order valence-electron chi connectivity index (χ2n) is 5.65.